The van der Waals surface area contributed by atoms with Crippen LogP contribution in [0.1, 0.15) is 89.9 Å². The van der Waals surface area contributed by atoms with Crippen LogP contribution in [0.5, 0.6) is 0 Å². The Balaban J connectivity index is 3.16. The van der Waals surface area contributed by atoms with Crippen molar-refractivity contribution in [2.45, 2.75) is 89.9 Å². The Morgan fingerprint density at radius 1 is 0.792 bits per heavy atom. The lowest BCUT2D eigenvalue weighted by Gasteiger charge is -2.02. The number of rotatable bonds is 18. The zero-order valence-corrected chi connectivity index (χ0v) is 15.7. The number of hydrogen-bond donors (Lipinski definition) is 2. The minimum atomic E-state index is 0.150. The van der Waals surface area contributed by atoms with Crippen molar-refractivity contribution in [3.8, 4) is 0 Å². The van der Waals surface area contributed by atoms with Gasteiger partial charge in [-0.2, -0.15) is 0 Å². The summed E-state index contributed by atoms with van der Waals surface area (Å²) in [4.78, 5) is 11.4. The van der Waals surface area contributed by atoms with Crippen LogP contribution in [-0.2, 0) is 4.79 Å². The average molecular weight is 337 g/mol. The van der Waals surface area contributed by atoms with Gasteiger partial charge in [0, 0.05) is 13.0 Å². The summed E-state index contributed by atoms with van der Waals surface area (Å²) in [5.74, 6) is 0.150. The first kappa shape index (κ1) is 22.9. The van der Waals surface area contributed by atoms with E-state index in [-0.39, 0.29) is 5.91 Å². The molecule has 0 heterocycles. The van der Waals surface area contributed by atoms with Gasteiger partial charge in [-0.25, -0.2) is 0 Å². The van der Waals surface area contributed by atoms with Crippen LogP contribution in [0.15, 0.2) is 24.8 Å². The number of hydrogen-bond acceptors (Lipinski definition) is 2. The van der Waals surface area contributed by atoms with Crippen molar-refractivity contribution in [2.24, 2.45) is 5.73 Å². The fraction of sp³-hybridized carbons (Fsp3) is 0.762. The molecular weight excluding hydrogens is 296 g/mol. The van der Waals surface area contributed by atoms with Gasteiger partial charge in [-0.05, 0) is 45.1 Å². The molecule has 0 saturated heterocycles. The monoisotopic (exact) mass is 336 g/mol. The molecule has 0 spiro atoms. The molecular formula is C21H40N2O. The largest absolute Gasteiger partial charge is 0.353 e. The van der Waals surface area contributed by atoms with Gasteiger partial charge in [0.15, 0.2) is 0 Å². The molecule has 3 heteroatoms. The first-order valence-corrected chi connectivity index (χ1v) is 10.0. The van der Waals surface area contributed by atoms with E-state index in [1.54, 1.807) is 6.08 Å². The first-order chi connectivity index (χ1) is 11.8. The summed E-state index contributed by atoms with van der Waals surface area (Å²) in [7, 11) is 0. The highest BCUT2D eigenvalue weighted by molar-refractivity contribution is 5.75. The molecule has 0 aliphatic carbocycles. The summed E-state index contributed by atoms with van der Waals surface area (Å²) in [6, 6.07) is 0. The molecule has 0 rings (SSSR count). The predicted molar refractivity (Wildman–Crippen MR) is 106 cm³/mol. The Bertz CT molecular complexity index is 313. The fourth-order valence-electron chi connectivity index (χ4n) is 2.70. The van der Waals surface area contributed by atoms with E-state index in [0.29, 0.717) is 13.0 Å². The molecule has 0 aromatic rings. The number of amides is 1. The molecule has 0 fully saturated rings. The molecule has 24 heavy (non-hydrogen) atoms. The number of carbonyl (C=O) groups excluding carboxylic acids is 1. The average Bonchev–Trinajstić information content (AvgIpc) is 2.59. The Labute approximate surface area is 150 Å². The third-order valence-corrected chi connectivity index (χ3v) is 4.21. The number of allylic oxidation sites excluding steroid dienone is 2. The maximum absolute atomic E-state index is 11.4. The van der Waals surface area contributed by atoms with E-state index in [0.717, 1.165) is 19.4 Å². The number of carbonyl (C=O) groups is 1. The van der Waals surface area contributed by atoms with Crippen LogP contribution >= 0.6 is 0 Å². The lowest BCUT2D eigenvalue weighted by atomic mass is 10.1. The van der Waals surface area contributed by atoms with Crippen LogP contribution in [0.25, 0.3) is 0 Å². The van der Waals surface area contributed by atoms with Crippen molar-refractivity contribution in [1.82, 2.24) is 5.32 Å². The second-order valence-electron chi connectivity index (χ2n) is 6.57. The molecule has 0 aliphatic heterocycles. The van der Waals surface area contributed by atoms with Gasteiger partial charge in [0.2, 0.25) is 5.91 Å². The maximum atomic E-state index is 11.4. The topological polar surface area (TPSA) is 55.1 Å². The van der Waals surface area contributed by atoms with Crippen LogP contribution in [0.4, 0.5) is 0 Å². The third kappa shape index (κ3) is 19.0. The summed E-state index contributed by atoms with van der Waals surface area (Å²) in [5.41, 5.74) is 5.48. The molecule has 0 aliphatic rings. The molecule has 3 nitrogen and oxygen atoms in total. The molecule has 0 radical (unpaired) electrons. The van der Waals surface area contributed by atoms with Crippen molar-refractivity contribution >= 4 is 5.91 Å². The van der Waals surface area contributed by atoms with E-state index < -0.39 is 0 Å². The van der Waals surface area contributed by atoms with Gasteiger partial charge in [-0.1, -0.05) is 63.2 Å². The maximum Gasteiger partial charge on any atom is 0.220 e. The van der Waals surface area contributed by atoms with Gasteiger partial charge in [0.1, 0.15) is 0 Å². The molecule has 0 aromatic heterocycles. The van der Waals surface area contributed by atoms with Crippen LogP contribution < -0.4 is 11.1 Å². The highest BCUT2D eigenvalue weighted by Gasteiger charge is 1.98. The zero-order chi connectivity index (χ0) is 17.7. The summed E-state index contributed by atoms with van der Waals surface area (Å²) in [5, 5.41) is 2.81. The quantitative estimate of drug-likeness (QED) is 0.265. The van der Waals surface area contributed by atoms with E-state index in [2.05, 4.69) is 24.0 Å². The van der Waals surface area contributed by atoms with Crippen molar-refractivity contribution < 1.29 is 4.79 Å². The molecule has 0 atom stereocenters. The molecule has 1 amide bonds. The second-order valence-corrected chi connectivity index (χ2v) is 6.57. The fourth-order valence-corrected chi connectivity index (χ4v) is 2.70. The summed E-state index contributed by atoms with van der Waals surface area (Å²) >= 11 is 0. The number of nitrogens with two attached hydrogens (primary N) is 1. The van der Waals surface area contributed by atoms with E-state index in [4.69, 9.17) is 5.73 Å². The van der Waals surface area contributed by atoms with Gasteiger partial charge < -0.3 is 11.1 Å². The van der Waals surface area contributed by atoms with Gasteiger partial charge in [0.05, 0.1) is 0 Å². The molecule has 0 bridgehead atoms. The summed E-state index contributed by atoms with van der Waals surface area (Å²) in [6.07, 6.45) is 23.3. The second kappa shape index (κ2) is 20.0. The third-order valence-electron chi connectivity index (χ3n) is 4.21. The van der Waals surface area contributed by atoms with E-state index in [1.165, 1.54) is 70.6 Å². The smallest absolute Gasteiger partial charge is 0.220 e. The molecule has 140 valence electrons. The Morgan fingerprint density at radius 2 is 1.29 bits per heavy atom. The SMILES string of the molecule is C=CCNC(=O)CCCCCCC/C=C\CCCCCCCCN. The Kier molecular flexibility index (Phi) is 19.0. The summed E-state index contributed by atoms with van der Waals surface area (Å²) < 4.78 is 0. The Morgan fingerprint density at radius 3 is 1.83 bits per heavy atom. The first-order valence-electron chi connectivity index (χ1n) is 10.0. The minimum absolute atomic E-state index is 0.150. The van der Waals surface area contributed by atoms with Crippen molar-refractivity contribution in [3.63, 3.8) is 0 Å². The number of unbranched alkanes of at least 4 members (excludes halogenated alkanes) is 11. The normalized spacial score (nSPS) is 11.0. The lowest BCUT2D eigenvalue weighted by molar-refractivity contribution is -0.121. The van der Waals surface area contributed by atoms with Crippen molar-refractivity contribution in [2.75, 3.05) is 13.1 Å². The predicted octanol–water partition coefficient (Wildman–Crippen LogP) is 5.26. The van der Waals surface area contributed by atoms with Crippen molar-refractivity contribution in [3.05, 3.63) is 24.8 Å². The number of nitrogens with one attached hydrogen (secondary N) is 1. The molecule has 0 unspecified atom stereocenters. The molecule has 0 saturated carbocycles. The van der Waals surface area contributed by atoms with E-state index in [1.807, 2.05) is 0 Å². The summed E-state index contributed by atoms with van der Waals surface area (Å²) in [6.45, 7) is 5.01. The zero-order valence-electron chi connectivity index (χ0n) is 15.7. The van der Waals surface area contributed by atoms with Gasteiger partial charge >= 0.3 is 0 Å². The Hall–Kier alpha value is -1.09. The highest BCUT2D eigenvalue weighted by Crippen LogP contribution is 2.09. The molecule has 0 aromatic carbocycles. The van der Waals surface area contributed by atoms with Crippen LogP contribution in [0.2, 0.25) is 0 Å². The van der Waals surface area contributed by atoms with Gasteiger partial charge in [0.25, 0.3) is 0 Å². The van der Waals surface area contributed by atoms with E-state index >= 15 is 0 Å². The van der Waals surface area contributed by atoms with Gasteiger partial charge in [-0.3, -0.25) is 4.79 Å². The molecule has 3 N–H and O–H groups in total. The lowest BCUT2D eigenvalue weighted by Crippen LogP contribution is -2.22. The van der Waals surface area contributed by atoms with Gasteiger partial charge in [-0.15, -0.1) is 6.58 Å². The van der Waals surface area contributed by atoms with Crippen LogP contribution in [0, 0.1) is 0 Å². The van der Waals surface area contributed by atoms with Crippen molar-refractivity contribution in [1.29, 1.82) is 0 Å². The standard InChI is InChI=1S/C21H40N2O/c1-2-20-23-21(24)18-16-14-12-10-8-6-4-3-5-7-9-11-13-15-17-19-22/h2-4H,1,5-20,22H2,(H,23,24)/b4-3-. The highest BCUT2D eigenvalue weighted by atomic mass is 16.1. The van der Waals surface area contributed by atoms with Crippen LogP contribution in [-0.4, -0.2) is 19.0 Å². The van der Waals surface area contributed by atoms with E-state index in [9.17, 15) is 4.79 Å². The minimum Gasteiger partial charge on any atom is -0.353 e. The van der Waals surface area contributed by atoms with Crippen LogP contribution in [0.3, 0.4) is 0 Å².